The van der Waals surface area contributed by atoms with Crippen LogP contribution in [0.25, 0.3) is 22.3 Å². The molecule has 0 unspecified atom stereocenters. The third-order valence-electron chi connectivity index (χ3n) is 6.28. The van der Waals surface area contributed by atoms with Crippen LogP contribution in [0.2, 0.25) is 10.0 Å². The van der Waals surface area contributed by atoms with Crippen molar-refractivity contribution in [3.8, 4) is 33.8 Å². The zero-order chi connectivity index (χ0) is 24.3. The monoisotopic (exact) mass is 501 g/mol. The Bertz CT molecular complexity index is 1470. The van der Waals surface area contributed by atoms with Gasteiger partial charge in [-0.15, -0.1) is 0 Å². The number of hydrogen-bond acceptors (Lipinski definition) is 6. The maximum atomic E-state index is 13.8. The number of carbonyl (C=O) groups is 1. The van der Waals surface area contributed by atoms with E-state index in [-0.39, 0.29) is 11.9 Å². The maximum Gasteiger partial charge on any atom is 0.266 e. The summed E-state index contributed by atoms with van der Waals surface area (Å²) in [4.78, 5) is 28.3. The minimum Gasteiger partial charge on any atom is -0.457 e. The summed E-state index contributed by atoms with van der Waals surface area (Å²) >= 11 is 12.3. The lowest BCUT2D eigenvalue weighted by Gasteiger charge is -2.34. The van der Waals surface area contributed by atoms with Crippen molar-refractivity contribution in [2.75, 3.05) is 7.05 Å². The fourth-order valence-corrected chi connectivity index (χ4v) is 4.91. The highest BCUT2D eigenvalue weighted by atomic mass is 35.5. The molecule has 1 spiro atoms. The van der Waals surface area contributed by atoms with Crippen LogP contribution in [-0.2, 0) is 10.3 Å². The summed E-state index contributed by atoms with van der Waals surface area (Å²) in [5, 5.41) is 1.02. The van der Waals surface area contributed by atoms with Gasteiger partial charge in [0.2, 0.25) is 5.54 Å². The van der Waals surface area contributed by atoms with Crippen LogP contribution < -0.4 is 10.5 Å². The fourth-order valence-electron chi connectivity index (χ4n) is 4.56. The quantitative estimate of drug-likeness (QED) is 0.404. The summed E-state index contributed by atoms with van der Waals surface area (Å²) in [6, 6.07) is 14.8. The van der Waals surface area contributed by atoms with E-state index in [0.717, 1.165) is 22.3 Å². The minimum absolute atomic E-state index is 0.124. The number of carbonyl (C=O) groups excluding carboxylic acids is 1. The SMILES string of the molecule is CN1C(=O)C2(N=C1N)c1cc(-c3cncc(Cl)c3)ccc1Oc1ccc(-c3cncc(Cl)c3)cc12. The van der Waals surface area contributed by atoms with Crippen LogP contribution in [0.1, 0.15) is 11.1 Å². The largest absolute Gasteiger partial charge is 0.457 e. The first-order valence-electron chi connectivity index (χ1n) is 10.7. The molecule has 7 nitrogen and oxygen atoms in total. The normalized spacial score (nSPS) is 15.5. The first-order valence-corrected chi connectivity index (χ1v) is 11.4. The second-order valence-electron chi connectivity index (χ2n) is 8.35. The highest BCUT2D eigenvalue weighted by Crippen LogP contribution is 2.53. The van der Waals surface area contributed by atoms with Gasteiger partial charge in [-0.2, -0.15) is 0 Å². The Morgan fingerprint density at radius 1 is 0.800 bits per heavy atom. The standard InChI is InChI=1S/C26H17Cl2N5O2/c1-33-24(34)26(32-25(33)29)20-8-14(16-6-18(27)12-30-10-16)2-4-22(20)35-23-5-3-15(9-21(23)26)17-7-19(28)13-31-11-17/h2-13H,1H3,(H2,29,32). The number of halogens is 2. The summed E-state index contributed by atoms with van der Waals surface area (Å²) in [7, 11) is 1.61. The molecular formula is C26H17Cl2N5O2. The van der Waals surface area contributed by atoms with E-state index in [2.05, 4.69) is 9.97 Å². The van der Waals surface area contributed by atoms with Crippen LogP contribution >= 0.6 is 23.2 Å². The minimum atomic E-state index is -1.41. The van der Waals surface area contributed by atoms with Crippen molar-refractivity contribution in [2.45, 2.75) is 5.54 Å². The number of nitrogens with zero attached hydrogens (tertiary/aromatic N) is 4. The molecule has 6 rings (SSSR count). The van der Waals surface area contributed by atoms with Gasteiger partial charge < -0.3 is 10.5 Å². The van der Waals surface area contributed by atoms with Gasteiger partial charge in [0.1, 0.15) is 11.5 Å². The Morgan fingerprint density at radius 3 is 1.74 bits per heavy atom. The van der Waals surface area contributed by atoms with Gasteiger partial charge >= 0.3 is 0 Å². The summed E-state index contributed by atoms with van der Waals surface area (Å²) in [6.07, 6.45) is 6.55. The number of rotatable bonds is 2. The second-order valence-corrected chi connectivity index (χ2v) is 9.23. The molecule has 0 radical (unpaired) electrons. The van der Waals surface area contributed by atoms with E-state index in [1.807, 2.05) is 48.5 Å². The van der Waals surface area contributed by atoms with E-state index in [1.54, 1.807) is 31.8 Å². The average Bonchev–Trinajstić information content (AvgIpc) is 3.08. The third kappa shape index (κ3) is 3.27. The van der Waals surface area contributed by atoms with E-state index in [4.69, 9.17) is 38.7 Å². The molecule has 0 atom stereocenters. The van der Waals surface area contributed by atoms with Crippen molar-refractivity contribution in [3.63, 3.8) is 0 Å². The lowest BCUT2D eigenvalue weighted by atomic mass is 9.78. The number of aliphatic imine (C=N–C) groups is 1. The van der Waals surface area contributed by atoms with Gasteiger partial charge in [0.15, 0.2) is 5.96 Å². The highest BCUT2D eigenvalue weighted by molar-refractivity contribution is 6.31. The molecule has 2 aliphatic heterocycles. The van der Waals surface area contributed by atoms with Crippen molar-refractivity contribution < 1.29 is 9.53 Å². The second kappa shape index (κ2) is 7.80. The lowest BCUT2D eigenvalue weighted by Crippen LogP contribution is -2.42. The van der Waals surface area contributed by atoms with Crippen LogP contribution in [0.5, 0.6) is 11.5 Å². The Kier molecular flexibility index (Phi) is 4.81. The Morgan fingerprint density at radius 2 is 1.31 bits per heavy atom. The van der Waals surface area contributed by atoms with E-state index < -0.39 is 5.54 Å². The molecule has 35 heavy (non-hydrogen) atoms. The number of nitrogens with two attached hydrogens (primary N) is 1. The molecule has 4 heterocycles. The number of amides is 1. The average molecular weight is 502 g/mol. The molecule has 1 amide bonds. The van der Waals surface area contributed by atoms with Crippen molar-refractivity contribution in [2.24, 2.45) is 10.7 Å². The zero-order valence-corrected chi connectivity index (χ0v) is 19.9. The number of hydrogen-bond donors (Lipinski definition) is 1. The summed E-state index contributed by atoms with van der Waals surface area (Å²) in [5.74, 6) is 0.893. The number of benzene rings is 2. The van der Waals surface area contributed by atoms with Crippen LogP contribution in [0.4, 0.5) is 0 Å². The van der Waals surface area contributed by atoms with Crippen molar-refractivity contribution in [3.05, 3.63) is 94.5 Å². The number of fused-ring (bicyclic) bond motifs is 4. The maximum absolute atomic E-state index is 13.8. The van der Waals surface area contributed by atoms with Gasteiger partial charge in [0.05, 0.1) is 10.0 Å². The summed E-state index contributed by atoms with van der Waals surface area (Å²) in [6.45, 7) is 0. The molecule has 2 aromatic carbocycles. The molecular weight excluding hydrogens is 485 g/mol. The molecule has 0 saturated heterocycles. The van der Waals surface area contributed by atoms with Gasteiger partial charge in [-0.05, 0) is 47.5 Å². The van der Waals surface area contributed by atoms with E-state index in [1.165, 1.54) is 4.90 Å². The summed E-state index contributed by atoms with van der Waals surface area (Å²) in [5.41, 5.74) is 9.18. The van der Waals surface area contributed by atoms with Crippen LogP contribution in [-0.4, -0.2) is 33.8 Å². The van der Waals surface area contributed by atoms with E-state index >= 15 is 0 Å². The first-order chi connectivity index (χ1) is 16.9. The number of guanidine groups is 1. The predicted octanol–water partition coefficient (Wildman–Crippen LogP) is 5.25. The van der Waals surface area contributed by atoms with Gasteiger partial charge in [0.25, 0.3) is 5.91 Å². The lowest BCUT2D eigenvalue weighted by molar-refractivity contribution is -0.129. The van der Waals surface area contributed by atoms with E-state index in [0.29, 0.717) is 32.7 Å². The molecule has 172 valence electrons. The topological polar surface area (TPSA) is 93.7 Å². The third-order valence-corrected chi connectivity index (χ3v) is 6.69. The number of likely N-dealkylation sites (N-methyl/N-ethyl adjacent to an activating group) is 1. The first kappa shape index (κ1) is 21.6. The van der Waals surface area contributed by atoms with Crippen molar-refractivity contribution in [1.82, 2.24) is 14.9 Å². The highest BCUT2D eigenvalue weighted by Gasteiger charge is 2.54. The number of aromatic nitrogens is 2. The number of ether oxygens (including phenoxy) is 1. The smallest absolute Gasteiger partial charge is 0.266 e. The fraction of sp³-hybridized carbons (Fsp3) is 0.0769. The molecule has 2 N–H and O–H groups in total. The van der Waals surface area contributed by atoms with Gasteiger partial charge in [-0.3, -0.25) is 19.7 Å². The molecule has 2 aliphatic rings. The molecule has 4 aromatic rings. The van der Waals surface area contributed by atoms with Crippen LogP contribution in [0.15, 0.2) is 78.3 Å². The molecule has 0 saturated carbocycles. The molecule has 2 aromatic heterocycles. The Balaban J connectivity index is 1.60. The van der Waals surface area contributed by atoms with Crippen molar-refractivity contribution >= 4 is 35.1 Å². The zero-order valence-electron chi connectivity index (χ0n) is 18.4. The molecule has 0 fully saturated rings. The Hall–Kier alpha value is -3.94. The van der Waals surface area contributed by atoms with Crippen molar-refractivity contribution in [1.29, 1.82) is 0 Å². The molecule has 9 heteroatoms. The van der Waals surface area contributed by atoms with Gasteiger partial charge in [-0.25, -0.2) is 4.99 Å². The number of pyridine rings is 2. The van der Waals surface area contributed by atoms with Gasteiger partial charge in [0, 0.05) is 54.1 Å². The molecule has 0 bridgehead atoms. The predicted molar refractivity (Wildman–Crippen MR) is 135 cm³/mol. The Labute approximate surface area is 210 Å². The molecule has 0 aliphatic carbocycles. The van der Waals surface area contributed by atoms with Gasteiger partial charge in [-0.1, -0.05) is 35.3 Å². The van der Waals surface area contributed by atoms with E-state index in [9.17, 15) is 4.79 Å². The van der Waals surface area contributed by atoms with Crippen LogP contribution in [0, 0.1) is 0 Å². The summed E-state index contributed by atoms with van der Waals surface area (Å²) < 4.78 is 6.25. The van der Waals surface area contributed by atoms with Crippen LogP contribution in [0.3, 0.4) is 0 Å².